The van der Waals surface area contributed by atoms with E-state index in [1.807, 2.05) is 18.6 Å². The van der Waals surface area contributed by atoms with Crippen molar-refractivity contribution in [1.29, 1.82) is 0 Å². The fourth-order valence-corrected chi connectivity index (χ4v) is 4.43. The summed E-state index contributed by atoms with van der Waals surface area (Å²) in [6.45, 7) is 6.42. The third kappa shape index (κ3) is 1.19. The highest BCUT2D eigenvalue weighted by Gasteiger charge is 2.61. The van der Waals surface area contributed by atoms with Crippen molar-refractivity contribution in [2.75, 3.05) is 11.5 Å². The van der Waals surface area contributed by atoms with E-state index >= 15 is 0 Å². The molecule has 2 unspecified atom stereocenters. The Morgan fingerprint density at radius 2 is 1.62 bits per heavy atom. The average Bonchev–Trinajstić information content (AvgIpc) is 2.56. The Morgan fingerprint density at radius 3 is 2.00 bits per heavy atom. The predicted octanol–water partition coefficient (Wildman–Crippen LogP) is 2.20. The van der Waals surface area contributed by atoms with Gasteiger partial charge in [-0.25, -0.2) is 0 Å². The van der Waals surface area contributed by atoms with E-state index in [1.165, 1.54) is 0 Å². The molecule has 0 bridgehead atoms. The number of fused-ring (bicyclic) bond motifs is 1. The molecule has 2 fully saturated rings. The van der Waals surface area contributed by atoms with Gasteiger partial charge in [0.05, 0.1) is 11.2 Å². The Balaban J connectivity index is 2.30. The highest BCUT2D eigenvalue weighted by molar-refractivity contribution is 7.99. The van der Waals surface area contributed by atoms with Crippen LogP contribution in [0.4, 0.5) is 0 Å². The summed E-state index contributed by atoms with van der Waals surface area (Å²) in [5.41, 5.74) is 0.0116. The largest absolute Gasteiger partial charge is 0.454 e. The molecule has 2 atom stereocenters. The summed E-state index contributed by atoms with van der Waals surface area (Å²) < 4.78 is 11.9. The van der Waals surface area contributed by atoms with E-state index in [0.717, 1.165) is 24.3 Å². The second kappa shape index (κ2) is 3.18. The van der Waals surface area contributed by atoms with Crippen LogP contribution in [0.2, 0.25) is 6.82 Å². The van der Waals surface area contributed by atoms with Crippen molar-refractivity contribution in [3.05, 3.63) is 0 Å². The molecule has 0 aromatic rings. The molecule has 2 aliphatic rings. The Labute approximate surface area is 84.9 Å². The minimum absolute atomic E-state index is 0.00579. The summed E-state index contributed by atoms with van der Waals surface area (Å²) in [7, 11) is -0.0131. The second-order valence-corrected chi connectivity index (χ2v) is 4.98. The van der Waals surface area contributed by atoms with Gasteiger partial charge in [-0.05, 0) is 19.7 Å². The molecule has 4 heteroatoms. The smallest absolute Gasteiger partial charge is 0.402 e. The van der Waals surface area contributed by atoms with Crippen molar-refractivity contribution < 1.29 is 9.31 Å². The first-order valence-corrected chi connectivity index (χ1v) is 6.27. The van der Waals surface area contributed by atoms with Crippen molar-refractivity contribution in [2.45, 2.75) is 44.7 Å². The zero-order valence-corrected chi connectivity index (χ0v) is 9.45. The number of thioether (sulfide) groups is 1. The zero-order chi connectivity index (χ0) is 9.53. The fraction of sp³-hybridized carbons (Fsp3) is 1.00. The van der Waals surface area contributed by atoms with E-state index < -0.39 is 0 Å². The Hall–Kier alpha value is 0.335. The SMILES string of the molecule is CCC12CSCC1(CC)OB(C)O2. The van der Waals surface area contributed by atoms with E-state index in [4.69, 9.17) is 9.31 Å². The van der Waals surface area contributed by atoms with Crippen LogP contribution in [0.15, 0.2) is 0 Å². The first-order chi connectivity index (χ1) is 6.18. The Kier molecular flexibility index (Phi) is 2.41. The lowest BCUT2D eigenvalue weighted by Gasteiger charge is -2.36. The standard InChI is InChI=1S/C9H17BO2S/c1-4-8-6-13-7-9(8,5-2)12-10(3)11-8/h4-7H2,1-3H3. The summed E-state index contributed by atoms with van der Waals surface area (Å²) >= 11 is 1.96. The maximum Gasteiger partial charge on any atom is 0.454 e. The van der Waals surface area contributed by atoms with Gasteiger partial charge in [0.25, 0.3) is 0 Å². The third-order valence-corrected chi connectivity index (χ3v) is 4.77. The van der Waals surface area contributed by atoms with Crippen LogP contribution < -0.4 is 0 Å². The van der Waals surface area contributed by atoms with Gasteiger partial charge in [0.2, 0.25) is 0 Å². The Bertz CT molecular complexity index is 194. The van der Waals surface area contributed by atoms with Crippen LogP contribution in [0.25, 0.3) is 0 Å². The van der Waals surface area contributed by atoms with Gasteiger partial charge in [0, 0.05) is 11.5 Å². The molecule has 2 saturated heterocycles. The lowest BCUT2D eigenvalue weighted by molar-refractivity contribution is -0.0120. The first kappa shape index (κ1) is 9.87. The van der Waals surface area contributed by atoms with Crippen molar-refractivity contribution in [2.24, 2.45) is 0 Å². The topological polar surface area (TPSA) is 18.5 Å². The van der Waals surface area contributed by atoms with Gasteiger partial charge in [-0.15, -0.1) is 0 Å². The molecule has 74 valence electrons. The van der Waals surface area contributed by atoms with Gasteiger partial charge < -0.3 is 9.31 Å². The summed E-state index contributed by atoms with van der Waals surface area (Å²) in [4.78, 5) is 0. The van der Waals surface area contributed by atoms with Crippen LogP contribution in [0.5, 0.6) is 0 Å². The molecular formula is C9H17BO2S. The number of hydrogen-bond acceptors (Lipinski definition) is 3. The maximum atomic E-state index is 5.97. The van der Waals surface area contributed by atoms with Crippen molar-refractivity contribution in [3.63, 3.8) is 0 Å². The molecule has 2 nitrogen and oxygen atoms in total. The van der Waals surface area contributed by atoms with Gasteiger partial charge in [-0.3, -0.25) is 0 Å². The molecule has 2 aliphatic heterocycles. The van der Waals surface area contributed by atoms with Crippen molar-refractivity contribution >= 4 is 18.9 Å². The van der Waals surface area contributed by atoms with E-state index in [0.29, 0.717) is 0 Å². The highest BCUT2D eigenvalue weighted by Crippen LogP contribution is 2.51. The zero-order valence-electron chi connectivity index (χ0n) is 8.63. The normalized spacial score (nSPS) is 44.1. The molecular weight excluding hydrogens is 183 g/mol. The molecule has 0 radical (unpaired) electrons. The van der Waals surface area contributed by atoms with Crippen LogP contribution in [-0.2, 0) is 9.31 Å². The van der Waals surface area contributed by atoms with Gasteiger partial charge in [-0.2, -0.15) is 11.8 Å². The molecule has 2 heterocycles. The Morgan fingerprint density at radius 1 is 1.15 bits per heavy atom. The van der Waals surface area contributed by atoms with Crippen molar-refractivity contribution in [3.8, 4) is 0 Å². The molecule has 0 aliphatic carbocycles. The molecule has 0 saturated carbocycles. The molecule has 0 aromatic carbocycles. The summed E-state index contributed by atoms with van der Waals surface area (Å²) in [5.74, 6) is 2.20. The quantitative estimate of drug-likeness (QED) is 0.636. The second-order valence-electron chi connectivity index (χ2n) is 3.99. The minimum atomic E-state index is -0.0131. The van der Waals surface area contributed by atoms with Crippen molar-refractivity contribution in [1.82, 2.24) is 0 Å². The predicted molar refractivity (Wildman–Crippen MR) is 57.2 cm³/mol. The average molecular weight is 200 g/mol. The first-order valence-electron chi connectivity index (χ1n) is 5.11. The van der Waals surface area contributed by atoms with Gasteiger partial charge in [0.15, 0.2) is 0 Å². The van der Waals surface area contributed by atoms with E-state index in [9.17, 15) is 0 Å². The maximum absolute atomic E-state index is 5.97. The summed E-state index contributed by atoms with van der Waals surface area (Å²) in [6.07, 6.45) is 2.14. The van der Waals surface area contributed by atoms with E-state index in [1.54, 1.807) is 0 Å². The van der Waals surface area contributed by atoms with Gasteiger partial charge >= 0.3 is 7.12 Å². The van der Waals surface area contributed by atoms with Crippen LogP contribution in [0, 0.1) is 0 Å². The van der Waals surface area contributed by atoms with Crippen LogP contribution in [-0.4, -0.2) is 29.8 Å². The van der Waals surface area contributed by atoms with Crippen LogP contribution in [0.3, 0.4) is 0 Å². The lowest BCUT2D eigenvalue weighted by Crippen LogP contribution is -2.49. The lowest BCUT2D eigenvalue weighted by atomic mass is 9.82. The molecule has 0 aromatic heterocycles. The molecule has 0 N–H and O–H groups in total. The summed E-state index contributed by atoms with van der Waals surface area (Å²) in [5, 5.41) is 0. The van der Waals surface area contributed by atoms with E-state index in [-0.39, 0.29) is 18.3 Å². The van der Waals surface area contributed by atoms with Crippen LogP contribution in [0.1, 0.15) is 26.7 Å². The highest BCUT2D eigenvalue weighted by atomic mass is 32.2. The van der Waals surface area contributed by atoms with Gasteiger partial charge in [0.1, 0.15) is 0 Å². The number of hydrogen-bond donors (Lipinski definition) is 0. The van der Waals surface area contributed by atoms with E-state index in [2.05, 4.69) is 13.8 Å². The fourth-order valence-electron chi connectivity index (χ4n) is 2.60. The summed E-state index contributed by atoms with van der Waals surface area (Å²) in [6, 6.07) is 0. The van der Waals surface area contributed by atoms with Crippen LogP contribution >= 0.6 is 11.8 Å². The molecule has 0 spiro atoms. The monoisotopic (exact) mass is 200 g/mol. The number of rotatable bonds is 2. The minimum Gasteiger partial charge on any atom is -0.402 e. The molecule has 2 rings (SSSR count). The van der Waals surface area contributed by atoms with Gasteiger partial charge in [-0.1, -0.05) is 13.8 Å². The third-order valence-electron chi connectivity index (χ3n) is 3.43. The molecule has 0 amide bonds. The molecule has 13 heavy (non-hydrogen) atoms.